The van der Waals surface area contributed by atoms with E-state index in [1.54, 1.807) is 6.92 Å². The average molecular weight is 262 g/mol. The molecule has 0 saturated carbocycles. The molecule has 1 saturated heterocycles. The fraction of sp³-hybridized carbons (Fsp3) is 0.600. The minimum atomic E-state index is -1.08. The van der Waals surface area contributed by atoms with Crippen molar-refractivity contribution in [2.45, 2.75) is 44.8 Å². The van der Waals surface area contributed by atoms with E-state index in [1.165, 1.54) is 0 Å². The number of allylic oxidation sites excluding steroid dienone is 1. The monoisotopic (exact) mass is 262 g/mol. The van der Waals surface area contributed by atoms with E-state index >= 15 is 0 Å². The summed E-state index contributed by atoms with van der Waals surface area (Å²) in [6.07, 6.45) is 1.09. The molecule has 19 heavy (non-hydrogen) atoms. The van der Waals surface area contributed by atoms with Gasteiger partial charge in [-0.15, -0.1) is 0 Å². The number of carbonyl (C=O) groups excluding carboxylic acids is 2. The van der Waals surface area contributed by atoms with Crippen molar-refractivity contribution >= 4 is 11.8 Å². The van der Waals surface area contributed by atoms with Gasteiger partial charge >= 0.3 is 5.97 Å². The summed E-state index contributed by atoms with van der Waals surface area (Å²) in [5, 5.41) is 10.4. The molecule has 3 aliphatic rings. The second-order valence-electron chi connectivity index (χ2n) is 6.18. The van der Waals surface area contributed by atoms with Crippen molar-refractivity contribution in [3.63, 3.8) is 0 Å². The second kappa shape index (κ2) is 3.79. The lowest BCUT2D eigenvalue weighted by atomic mass is 9.85. The lowest BCUT2D eigenvalue weighted by molar-refractivity contribution is -0.139. The minimum Gasteiger partial charge on any atom is -0.458 e. The van der Waals surface area contributed by atoms with Gasteiger partial charge in [0, 0.05) is 23.5 Å². The van der Waals surface area contributed by atoms with Crippen molar-refractivity contribution in [1.29, 1.82) is 0 Å². The van der Waals surface area contributed by atoms with E-state index in [0.717, 1.165) is 11.1 Å². The molecule has 3 rings (SSSR count). The Hall–Kier alpha value is -1.42. The molecule has 0 aromatic carbocycles. The van der Waals surface area contributed by atoms with Crippen LogP contribution in [0.3, 0.4) is 0 Å². The molecule has 1 heterocycles. The maximum absolute atomic E-state index is 12.1. The number of fused-ring (bicyclic) bond motifs is 1. The van der Waals surface area contributed by atoms with Crippen LogP contribution < -0.4 is 0 Å². The molecular weight excluding hydrogens is 244 g/mol. The molecular formula is C15H18O4. The van der Waals surface area contributed by atoms with Crippen molar-refractivity contribution in [3.05, 3.63) is 23.3 Å². The Morgan fingerprint density at radius 2 is 2.11 bits per heavy atom. The van der Waals surface area contributed by atoms with Crippen LogP contribution in [0.25, 0.3) is 0 Å². The van der Waals surface area contributed by atoms with Crippen LogP contribution in [0.15, 0.2) is 23.3 Å². The number of hydrogen-bond donors (Lipinski definition) is 1. The Morgan fingerprint density at radius 1 is 1.42 bits per heavy atom. The highest BCUT2D eigenvalue weighted by Crippen LogP contribution is 2.48. The van der Waals surface area contributed by atoms with E-state index in [9.17, 15) is 14.7 Å². The van der Waals surface area contributed by atoms with Gasteiger partial charge in [-0.1, -0.05) is 13.5 Å². The van der Waals surface area contributed by atoms with Gasteiger partial charge in [0.1, 0.15) is 6.10 Å². The van der Waals surface area contributed by atoms with Gasteiger partial charge in [-0.3, -0.25) is 4.79 Å². The van der Waals surface area contributed by atoms with Gasteiger partial charge in [0.15, 0.2) is 5.78 Å². The summed E-state index contributed by atoms with van der Waals surface area (Å²) in [6.45, 7) is 7.45. The number of Topliss-reactive ketones (excluding diaryl/α,β-unsaturated/α-hetero) is 1. The van der Waals surface area contributed by atoms with Crippen LogP contribution in [0, 0.1) is 11.8 Å². The zero-order chi connectivity index (χ0) is 13.9. The van der Waals surface area contributed by atoms with Crippen LogP contribution in [-0.4, -0.2) is 28.6 Å². The van der Waals surface area contributed by atoms with Crippen LogP contribution in [0.5, 0.6) is 0 Å². The molecule has 1 aliphatic heterocycles. The highest BCUT2D eigenvalue weighted by atomic mass is 16.6. The highest BCUT2D eigenvalue weighted by molar-refractivity contribution is 6.01. The van der Waals surface area contributed by atoms with Gasteiger partial charge in [0.05, 0.1) is 5.60 Å². The molecule has 0 aromatic heterocycles. The van der Waals surface area contributed by atoms with Crippen LogP contribution in [0.2, 0.25) is 0 Å². The summed E-state index contributed by atoms with van der Waals surface area (Å²) in [7, 11) is 0. The molecule has 4 unspecified atom stereocenters. The molecule has 2 aliphatic carbocycles. The van der Waals surface area contributed by atoms with E-state index < -0.39 is 5.60 Å². The first-order chi connectivity index (χ1) is 8.81. The third-order valence-electron chi connectivity index (χ3n) is 4.70. The van der Waals surface area contributed by atoms with E-state index in [2.05, 4.69) is 6.58 Å². The summed E-state index contributed by atoms with van der Waals surface area (Å²) < 4.78 is 5.34. The number of aliphatic hydroxyl groups is 1. The lowest BCUT2D eigenvalue weighted by Gasteiger charge is -2.23. The Labute approximate surface area is 112 Å². The summed E-state index contributed by atoms with van der Waals surface area (Å²) in [5.74, 6) is -0.385. The third-order valence-corrected chi connectivity index (χ3v) is 4.70. The zero-order valence-corrected chi connectivity index (χ0v) is 11.2. The first-order valence-electron chi connectivity index (χ1n) is 6.70. The van der Waals surface area contributed by atoms with Crippen LogP contribution in [0.4, 0.5) is 0 Å². The van der Waals surface area contributed by atoms with Crippen molar-refractivity contribution < 1.29 is 19.4 Å². The Bertz CT molecular complexity index is 526. The van der Waals surface area contributed by atoms with Crippen molar-refractivity contribution in [2.24, 2.45) is 11.8 Å². The van der Waals surface area contributed by atoms with Crippen molar-refractivity contribution in [3.8, 4) is 0 Å². The predicted octanol–water partition coefficient (Wildman–Crippen LogP) is 1.53. The normalized spacial score (nSPS) is 42.1. The smallest absolute Gasteiger partial charge is 0.334 e. The number of esters is 1. The van der Waals surface area contributed by atoms with Gasteiger partial charge in [0.2, 0.25) is 0 Å². The quantitative estimate of drug-likeness (QED) is 0.531. The standard InChI is InChI=1S/C15H18O4/c1-7-4-12-9(8(2)14(17)19-12)5-10-13(7)11(16)6-15(10,3)18/h7,9,12,18H,2,4-6H2,1,3H3. The third kappa shape index (κ3) is 1.70. The number of ether oxygens (including phenoxy) is 1. The molecule has 1 N–H and O–H groups in total. The number of carbonyl (C=O) groups is 2. The molecule has 4 heteroatoms. The molecule has 0 spiro atoms. The first kappa shape index (κ1) is 12.6. The largest absolute Gasteiger partial charge is 0.458 e. The molecule has 0 aromatic rings. The highest BCUT2D eigenvalue weighted by Gasteiger charge is 2.49. The van der Waals surface area contributed by atoms with Crippen LogP contribution >= 0.6 is 0 Å². The van der Waals surface area contributed by atoms with Crippen molar-refractivity contribution in [1.82, 2.24) is 0 Å². The maximum Gasteiger partial charge on any atom is 0.334 e. The number of hydrogen-bond acceptors (Lipinski definition) is 4. The summed E-state index contributed by atoms with van der Waals surface area (Å²) >= 11 is 0. The van der Waals surface area contributed by atoms with E-state index in [1.807, 2.05) is 6.92 Å². The Kier molecular flexibility index (Phi) is 2.52. The van der Waals surface area contributed by atoms with Gasteiger partial charge in [-0.25, -0.2) is 4.79 Å². The summed E-state index contributed by atoms with van der Waals surface area (Å²) in [6, 6.07) is 0. The number of ketones is 1. The van der Waals surface area contributed by atoms with E-state index in [0.29, 0.717) is 18.4 Å². The van der Waals surface area contributed by atoms with Gasteiger partial charge in [-0.2, -0.15) is 0 Å². The fourth-order valence-electron chi connectivity index (χ4n) is 3.70. The van der Waals surface area contributed by atoms with Gasteiger partial charge in [0.25, 0.3) is 0 Å². The number of rotatable bonds is 0. The Balaban J connectivity index is 2.05. The molecule has 4 atom stereocenters. The van der Waals surface area contributed by atoms with Gasteiger partial charge in [-0.05, 0) is 31.3 Å². The first-order valence-corrected chi connectivity index (χ1v) is 6.70. The van der Waals surface area contributed by atoms with Crippen LogP contribution in [-0.2, 0) is 14.3 Å². The molecule has 4 nitrogen and oxygen atoms in total. The zero-order valence-electron chi connectivity index (χ0n) is 11.2. The van der Waals surface area contributed by atoms with Gasteiger partial charge < -0.3 is 9.84 Å². The lowest BCUT2D eigenvalue weighted by Crippen LogP contribution is -2.27. The van der Waals surface area contributed by atoms with E-state index in [-0.39, 0.29) is 36.1 Å². The fourth-order valence-corrected chi connectivity index (χ4v) is 3.70. The van der Waals surface area contributed by atoms with Crippen molar-refractivity contribution in [2.75, 3.05) is 0 Å². The summed E-state index contributed by atoms with van der Waals surface area (Å²) in [5.41, 5.74) is 0.933. The maximum atomic E-state index is 12.1. The molecule has 1 fully saturated rings. The summed E-state index contributed by atoms with van der Waals surface area (Å²) in [4.78, 5) is 23.7. The molecule has 102 valence electrons. The van der Waals surface area contributed by atoms with E-state index in [4.69, 9.17) is 4.74 Å². The average Bonchev–Trinajstić information content (AvgIpc) is 2.61. The molecule has 0 bridgehead atoms. The second-order valence-corrected chi connectivity index (χ2v) is 6.18. The predicted molar refractivity (Wildman–Crippen MR) is 68.2 cm³/mol. The molecule has 0 amide bonds. The molecule has 0 radical (unpaired) electrons. The Morgan fingerprint density at radius 3 is 2.79 bits per heavy atom. The minimum absolute atomic E-state index is 0.0187. The van der Waals surface area contributed by atoms with Crippen LogP contribution in [0.1, 0.15) is 33.1 Å². The topological polar surface area (TPSA) is 63.6 Å². The SMILES string of the molecule is C=C1C(=O)OC2CC(C)C3=C(CC12)C(C)(O)CC3=O.